The summed E-state index contributed by atoms with van der Waals surface area (Å²) < 4.78 is 1.75. The fourth-order valence-electron chi connectivity index (χ4n) is 2.34. The lowest BCUT2D eigenvalue weighted by atomic mass is 10.2. The summed E-state index contributed by atoms with van der Waals surface area (Å²) in [5.74, 6) is 0. The van der Waals surface area contributed by atoms with Crippen LogP contribution in [0.15, 0.2) is 42.0 Å². The highest BCUT2D eigenvalue weighted by Crippen LogP contribution is 2.27. The van der Waals surface area contributed by atoms with Gasteiger partial charge in [0, 0.05) is 29.3 Å². The summed E-state index contributed by atoms with van der Waals surface area (Å²) in [6.07, 6.45) is 4.27. The third-order valence-corrected chi connectivity index (χ3v) is 5.11. The second-order valence-electron chi connectivity index (χ2n) is 4.75. The molecular weight excluding hydrogens is 316 g/mol. The third kappa shape index (κ3) is 2.33. The van der Waals surface area contributed by atoms with E-state index >= 15 is 0 Å². The van der Waals surface area contributed by atoms with E-state index in [1.807, 2.05) is 18.2 Å². The van der Waals surface area contributed by atoms with Crippen molar-refractivity contribution in [1.82, 2.24) is 19.6 Å². The van der Waals surface area contributed by atoms with Gasteiger partial charge in [-0.3, -0.25) is 4.98 Å². The van der Waals surface area contributed by atoms with Crippen LogP contribution in [0.3, 0.4) is 0 Å². The number of aliphatic hydroxyl groups excluding tert-OH is 1. The van der Waals surface area contributed by atoms with Crippen molar-refractivity contribution in [2.75, 3.05) is 0 Å². The summed E-state index contributed by atoms with van der Waals surface area (Å²) in [5, 5.41) is 17.4. The number of hydrogen-bond acceptors (Lipinski definition) is 6. The average Bonchev–Trinajstić information content (AvgIpc) is 3.24. The van der Waals surface area contributed by atoms with Gasteiger partial charge in [0.05, 0.1) is 18.0 Å². The number of hydrogen-bond donors (Lipinski definition) is 1. The van der Waals surface area contributed by atoms with Crippen molar-refractivity contribution in [3.8, 4) is 11.3 Å². The Kier molecular flexibility index (Phi) is 3.45. The zero-order chi connectivity index (χ0) is 14.9. The van der Waals surface area contributed by atoms with Crippen molar-refractivity contribution in [1.29, 1.82) is 0 Å². The molecule has 0 bridgehead atoms. The van der Waals surface area contributed by atoms with Crippen molar-refractivity contribution in [3.63, 3.8) is 0 Å². The first kappa shape index (κ1) is 13.6. The Morgan fingerprint density at radius 1 is 1.23 bits per heavy atom. The summed E-state index contributed by atoms with van der Waals surface area (Å²) in [6.45, 7) is -0.104. The zero-order valence-electron chi connectivity index (χ0n) is 11.5. The molecule has 22 heavy (non-hydrogen) atoms. The number of nitrogens with zero attached hydrogens (tertiary/aromatic N) is 4. The maximum Gasteiger partial charge on any atom is 0.213 e. The smallest absolute Gasteiger partial charge is 0.213 e. The lowest BCUT2D eigenvalue weighted by Gasteiger charge is -1.99. The summed E-state index contributed by atoms with van der Waals surface area (Å²) in [5.41, 5.74) is 2.35. The molecule has 4 aromatic rings. The van der Waals surface area contributed by atoms with Crippen molar-refractivity contribution in [2.24, 2.45) is 0 Å². The largest absolute Gasteiger partial charge is 0.390 e. The van der Waals surface area contributed by atoms with Gasteiger partial charge < -0.3 is 5.11 Å². The minimum atomic E-state index is -0.104. The first-order chi connectivity index (χ1) is 10.8. The fourth-order valence-corrected chi connectivity index (χ4v) is 4.08. The maximum atomic E-state index is 9.72. The van der Waals surface area contributed by atoms with Crippen molar-refractivity contribution in [2.45, 2.75) is 13.0 Å². The van der Waals surface area contributed by atoms with Crippen LogP contribution in [0.1, 0.15) is 15.6 Å². The van der Waals surface area contributed by atoms with Crippen LogP contribution in [-0.2, 0) is 13.0 Å². The van der Waals surface area contributed by atoms with Gasteiger partial charge in [-0.2, -0.15) is 5.10 Å². The van der Waals surface area contributed by atoms with Crippen molar-refractivity contribution in [3.05, 3.63) is 57.6 Å². The Morgan fingerprint density at radius 2 is 2.18 bits per heavy atom. The monoisotopic (exact) mass is 328 g/mol. The highest BCUT2D eigenvalue weighted by atomic mass is 32.1. The Bertz CT molecular complexity index is 897. The molecule has 4 heterocycles. The molecule has 0 aromatic carbocycles. The summed E-state index contributed by atoms with van der Waals surface area (Å²) in [4.78, 5) is 10.8. The molecule has 0 unspecified atom stereocenters. The molecule has 4 rings (SSSR count). The highest BCUT2D eigenvalue weighted by Gasteiger charge is 2.17. The molecular formula is C15H12N4OS2. The lowest BCUT2D eigenvalue weighted by Crippen LogP contribution is -1.97. The molecule has 0 atom stereocenters. The standard InChI is InChI=1S/C15H12N4OS2/c20-9-12-14(10-3-1-5-16-8-10)17-15-19(12)18-13(22-15)7-11-4-2-6-21-11/h1-6,8,20H,7,9H2. The van der Waals surface area contributed by atoms with E-state index in [0.717, 1.165) is 27.6 Å². The van der Waals surface area contributed by atoms with E-state index in [0.29, 0.717) is 5.69 Å². The van der Waals surface area contributed by atoms with Crippen molar-refractivity contribution >= 4 is 27.6 Å². The molecule has 0 fully saturated rings. The Hall–Kier alpha value is -2.09. The van der Waals surface area contributed by atoms with E-state index in [1.165, 1.54) is 4.88 Å². The van der Waals surface area contributed by atoms with Gasteiger partial charge in [-0.25, -0.2) is 9.50 Å². The molecule has 0 aliphatic carbocycles. The van der Waals surface area contributed by atoms with E-state index in [4.69, 9.17) is 0 Å². The van der Waals surface area contributed by atoms with E-state index in [1.54, 1.807) is 39.6 Å². The zero-order valence-corrected chi connectivity index (χ0v) is 13.1. The Morgan fingerprint density at radius 3 is 2.91 bits per heavy atom. The van der Waals surface area contributed by atoms with Crippen LogP contribution in [0, 0.1) is 0 Å². The summed E-state index contributed by atoms with van der Waals surface area (Å²) in [6, 6.07) is 7.94. The second kappa shape index (κ2) is 5.60. The predicted molar refractivity (Wildman–Crippen MR) is 87.1 cm³/mol. The van der Waals surface area contributed by atoms with Gasteiger partial charge in [0.15, 0.2) is 0 Å². The normalized spacial score (nSPS) is 11.3. The number of rotatable bonds is 4. The molecule has 5 nitrogen and oxygen atoms in total. The van der Waals surface area contributed by atoms with Crippen LogP contribution in [0.4, 0.5) is 0 Å². The summed E-state index contributed by atoms with van der Waals surface area (Å²) >= 11 is 3.28. The number of fused-ring (bicyclic) bond motifs is 1. The second-order valence-corrected chi connectivity index (χ2v) is 6.83. The maximum absolute atomic E-state index is 9.72. The predicted octanol–water partition coefficient (Wildman–Crippen LogP) is 3.00. The first-order valence-electron chi connectivity index (χ1n) is 6.76. The topological polar surface area (TPSA) is 63.3 Å². The van der Waals surface area contributed by atoms with Gasteiger partial charge in [-0.05, 0) is 23.6 Å². The lowest BCUT2D eigenvalue weighted by molar-refractivity contribution is 0.275. The molecule has 0 radical (unpaired) electrons. The molecule has 1 N–H and O–H groups in total. The van der Waals surface area contributed by atoms with E-state index in [-0.39, 0.29) is 6.61 Å². The van der Waals surface area contributed by atoms with E-state index in [9.17, 15) is 5.11 Å². The van der Waals surface area contributed by atoms with Crippen LogP contribution in [0.2, 0.25) is 0 Å². The van der Waals surface area contributed by atoms with Gasteiger partial charge in [-0.1, -0.05) is 17.4 Å². The van der Waals surface area contributed by atoms with Gasteiger partial charge in [-0.15, -0.1) is 11.3 Å². The van der Waals surface area contributed by atoms with Crippen LogP contribution < -0.4 is 0 Å². The fraction of sp³-hybridized carbons (Fsp3) is 0.133. The highest BCUT2D eigenvalue weighted by molar-refractivity contribution is 7.17. The van der Waals surface area contributed by atoms with Crippen LogP contribution in [0.5, 0.6) is 0 Å². The number of aliphatic hydroxyl groups is 1. The Labute approximate surface area is 134 Å². The van der Waals surface area contributed by atoms with E-state index < -0.39 is 0 Å². The molecule has 0 saturated carbocycles. The summed E-state index contributed by atoms with van der Waals surface area (Å²) in [7, 11) is 0. The van der Waals surface area contributed by atoms with Crippen molar-refractivity contribution < 1.29 is 5.11 Å². The molecule has 4 aromatic heterocycles. The minimum Gasteiger partial charge on any atom is -0.390 e. The first-order valence-corrected chi connectivity index (χ1v) is 8.45. The minimum absolute atomic E-state index is 0.104. The van der Waals surface area contributed by atoms with Crippen LogP contribution >= 0.6 is 22.7 Å². The average molecular weight is 328 g/mol. The molecule has 110 valence electrons. The molecule has 0 saturated heterocycles. The molecule has 7 heteroatoms. The molecule has 0 aliphatic rings. The van der Waals surface area contributed by atoms with E-state index in [2.05, 4.69) is 26.5 Å². The number of aromatic nitrogens is 4. The van der Waals surface area contributed by atoms with Crippen LogP contribution in [0.25, 0.3) is 16.2 Å². The molecule has 0 amide bonds. The Balaban J connectivity index is 1.77. The third-order valence-electron chi connectivity index (χ3n) is 3.33. The SMILES string of the molecule is OCc1c(-c2cccnc2)nc2sc(Cc3cccs3)nn12. The van der Waals surface area contributed by atoms with Gasteiger partial charge >= 0.3 is 0 Å². The van der Waals surface area contributed by atoms with Crippen LogP contribution in [-0.4, -0.2) is 24.7 Å². The molecule has 0 aliphatic heterocycles. The number of pyridine rings is 1. The van der Waals surface area contributed by atoms with Gasteiger partial charge in [0.25, 0.3) is 0 Å². The number of imidazole rings is 1. The number of thiophene rings is 1. The van der Waals surface area contributed by atoms with Gasteiger partial charge in [0.2, 0.25) is 4.96 Å². The van der Waals surface area contributed by atoms with Gasteiger partial charge in [0.1, 0.15) is 5.01 Å². The molecule has 0 spiro atoms. The quantitative estimate of drug-likeness (QED) is 0.625.